The number of ether oxygens (including phenoxy) is 1. The first-order valence-corrected chi connectivity index (χ1v) is 10.1. The Balaban J connectivity index is 1.71. The predicted octanol–water partition coefficient (Wildman–Crippen LogP) is 4.22. The van der Waals surface area contributed by atoms with Crippen LogP contribution in [-0.4, -0.2) is 42.7 Å². The number of Topliss-reactive ketones (excluding diaryl/α,β-unsaturated/α-hetero) is 1. The molecule has 0 aliphatic carbocycles. The predicted molar refractivity (Wildman–Crippen MR) is 116 cm³/mol. The van der Waals surface area contributed by atoms with Crippen LogP contribution >= 0.6 is 15.9 Å². The van der Waals surface area contributed by atoms with Crippen molar-refractivity contribution in [3.05, 3.63) is 58.1 Å². The summed E-state index contributed by atoms with van der Waals surface area (Å²) in [6, 6.07) is 12.5. The standard InChI is InChI=1S/C22H25BrN2O4/c1-15-13-18(23)8-11-20(15)24-21(27)14-25(3)22(28)5-4-12-29-19-9-6-17(7-10-19)16(2)26/h6-11,13H,4-5,12,14H2,1-3H3,(H,24,27). The van der Waals surface area contributed by atoms with Gasteiger partial charge in [0, 0.05) is 29.2 Å². The van der Waals surface area contributed by atoms with Crippen molar-refractivity contribution in [2.24, 2.45) is 0 Å². The molecular formula is C22H25BrN2O4. The van der Waals surface area contributed by atoms with Gasteiger partial charge in [-0.3, -0.25) is 14.4 Å². The smallest absolute Gasteiger partial charge is 0.243 e. The quantitative estimate of drug-likeness (QED) is 0.448. The second-order valence-electron chi connectivity index (χ2n) is 6.79. The Kier molecular flexibility index (Phi) is 8.39. The van der Waals surface area contributed by atoms with Gasteiger partial charge in [-0.2, -0.15) is 0 Å². The molecule has 154 valence electrons. The summed E-state index contributed by atoms with van der Waals surface area (Å²) in [7, 11) is 1.61. The molecule has 0 bridgehead atoms. The lowest BCUT2D eigenvalue weighted by Gasteiger charge is -2.17. The highest BCUT2D eigenvalue weighted by Gasteiger charge is 2.13. The first-order valence-electron chi connectivity index (χ1n) is 9.30. The fraction of sp³-hybridized carbons (Fsp3) is 0.318. The summed E-state index contributed by atoms with van der Waals surface area (Å²) >= 11 is 3.39. The maximum Gasteiger partial charge on any atom is 0.243 e. The number of benzene rings is 2. The number of hydrogen-bond acceptors (Lipinski definition) is 4. The van der Waals surface area contributed by atoms with Gasteiger partial charge in [0.25, 0.3) is 0 Å². The van der Waals surface area contributed by atoms with Gasteiger partial charge < -0.3 is 15.0 Å². The van der Waals surface area contributed by atoms with E-state index < -0.39 is 0 Å². The summed E-state index contributed by atoms with van der Waals surface area (Å²) in [5.41, 5.74) is 2.30. The third-order valence-electron chi connectivity index (χ3n) is 4.33. The second-order valence-corrected chi connectivity index (χ2v) is 7.71. The molecule has 0 aliphatic heterocycles. The molecule has 0 saturated carbocycles. The van der Waals surface area contributed by atoms with E-state index in [2.05, 4.69) is 21.2 Å². The lowest BCUT2D eigenvalue weighted by Crippen LogP contribution is -2.35. The van der Waals surface area contributed by atoms with Crippen molar-refractivity contribution < 1.29 is 19.1 Å². The van der Waals surface area contributed by atoms with Gasteiger partial charge in [0.1, 0.15) is 5.75 Å². The van der Waals surface area contributed by atoms with E-state index in [1.807, 2.05) is 25.1 Å². The molecule has 7 heteroatoms. The van der Waals surface area contributed by atoms with E-state index in [0.717, 1.165) is 15.7 Å². The van der Waals surface area contributed by atoms with E-state index in [1.54, 1.807) is 31.3 Å². The number of carbonyl (C=O) groups is 3. The molecule has 6 nitrogen and oxygen atoms in total. The maximum atomic E-state index is 12.2. The Hall–Kier alpha value is -2.67. The fourth-order valence-electron chi connectivity index (χ4n) is 2.65. The Labute approximate surface area is 179 Å². The number of halogens is 1. The Morgan fingerprint density at radius 3 is 2.41 bits per heavy atom. The zero-order valence-electron chi connectivity index (χ0n) is 16.8. The summed E-state index contributed by atoms with van der Waals surface area (Å²) in [5, 5.41) is 2.82. The van der Waals surface area contributed by atoms with Crippen molar-refractivity contribution in [2.75, 3.05) is 25.5 Å². The lowest BCUT2D eigenvalue weighted by atomic mass is 10.1. The van der Waals surface area contributed by atoms with Crippen LogP contribution in [-0.2, 0) is 9.59 Å². The highest BCUT2D eigenvalue weighted by atomic mass is 79.9. The summed E-state index contributed by atoms with van der Waals surface area (Å²) in [4.78, 5) is 37.1. The fourth-order valence-corrected chi connectivity index (χ4v) is 3.13. The zero-order chi connectivity index (χ0) is 21.4. The number of rotatable bonds is 9. The molecule has 2 aromatic carbocycles. The number of amides is 2. The number of anilines is 1. The summed E-state index contributed by atoms with van der Waals surface area (Å²) < 4.78 is 6.53. The van der Waals surface area contributed by atoms with Crippen molar-refractivity contribution in [1.29, 1.82) is 0 Å². The highest BCUT2D eigenvalue weighted by Crippen LogP contribution is 2.20. The number of hydrogen-bond donors (Lipinski definition) is 1. The minimum atomic E-state index is -0.243. The molecule has 1 N–H and O–H groups in total. The van der Waals surface area contributed by atoms with Crippen LogP contribution in [0.5, 0.6) is 5.75 Å². The van der Waals surface area contributed by atoms with Gasteiger partial charge in [0.2, 0.25) is 11.8 Å². The van der Waals surface area contributed by atoms with E-state index in [9.17, 15) is 14.4 Å². The van der Waals surface area contributed by atoms with Crippen molar-refractivity contribution >= 4 is 39.2 Å². The number of likely N-dealkylation sites (N-methyl/N-ethyl adjacent to an activating group) is 1. The van der Waals surface area contributed by atoms with Crippen LogP contribution in [0.15, 0.2) is 46.9 Å². The summed E-state index contributed by atoms with van der Waals surface area (Å²) in [6.07, 6.45) is 0.817. The molecule has 0 fully saturated rings. The molecule has 0 heterocycles. The molecule has 0 radical (unpaired) electrons. The van der Waals surface area contributed by atoms with Crippen LogP contribution in [0.1, 0.15) is 35.7 Å². The van der Waals surface area contributed by atoms with E-state index in [1.165, 1.54) is 11.8 Å². The Morgan fingerprint density at radius 2 is 1.79 bits per heavy atom. The number of ketones is 1. The summed E-state index contributed by atoms with van der Waals surface area (Å²) in [5.74, 6) is 0.292. The van der Waals surface area contributed by atoms with Gasteiger partial charge in [-0.25, -0.2) is 0 Å². The van der Waals surface area contributed by atoms with E-state index >= 15 is 0 Å². The molecular weight excluding hydrogens is 436 g/mol. The number of nitrogens with zero attached hydrogens (tertiary/aromatic N) is 1. The van der Waals surface area contributed by atoms with Crippen molar-refractivity contribution in [1.82, 2.24) is 4.90 Å². The van der Waals surface area contributed by atoms with Crippen LogP contribution in [0.4, 0.5) is 5.69 Å². The Bertz CT molecular complexity index is 881. The SMILES string of the molecule is CC(=O)c1ccc(OCCCC(=O)N(C)CC(=O)Nc2ccc(Br)cc2C)cc1. The number of nitrogens with one attached hydrogen (secondary N) is 1. The van der Waals surface area contributed by atoms with Crippen molar-refractivity contribution in [2.45, 2.75) is 26.7 Å². The first-order chi connectivity index (χ1) is 13.8. The maximum absolute atomic E-state index is 12.2. The molecule has 2 aromatic rings. The lowest BCUT2D eigenvalue weighted by molar-refractivity contribution is -0.133. The molecule has 0 saturated heterocycles. The summed E-state index contributed by atoms with van der Waals surface area (Å²) in [6.45, 7) is 3.78. The van der Waals surface area contributed by atoms with Gasteiger partial charge in [-0.15, -0.1) is 0 Å². The molecule has 29 heavy (non-hydrogen) atoms. The highest BCUT2D eigenvalue weighted by molar-refractivity contribution is 9.10. The topological polar surface area (TPSA) is 75.7 Å². The van der Waals surface area contributed by atoms with Crippen molar-refractivity contribution in [3.63, 3.8) is 0 Å². The molecule has 2 rings (SSSR count). The van der Waals surface area contributed by atoms with Gasteiger partial charge in [0.05, 0.1) is 13.2 Å². The Morgan fingerprint density at radius 1 is 1.10 bits per heavy atom. The van der Waals surface area contributed by atoms with Gasteiger partial charge in [-0.1, -0.05) is 15.9 Å². The third-order valence-corrected chi connectivity index (χ3v) is 4.83. The van der Waals surface area contributed by atoms with E-state index in [4.69, 9.17) is 4.74 Å². The number of carbonyl (C=O) groups excluding carboxylic acids is 3. The minimum absolute atomic E-state index is 0.00418. The van der Waals surface area contributed by atoms with E-state index in [-0.39, 0.29) is 30.6 Å². The second kappa shape index (κ2) is 10.8. The van der Waals surface area contributed by atoms with Crippen LogP contribution in [0.3, 0.4) is 0 Å². The third kappa shape index (κ3) is 7.34. The number of aryl methyl sites for hydroxylation is 1. The molecule has 0 aliphatic rings. The minimum Gasteiger partial charge on any atom is -0.494 e. The molecule has 0 atom stereocenters. The average molecular weight is 461 g/mol. The largest absolute Gasteiger partial charge is 0.494 e. The average Bonchev–Trinajstić information content (AvgIpc) is 2.67. The monoisotopic (exact) mass is 460 g/mol. The van der Waals surface area contributed by atoms with Gasteiger partial charge in [-0.05, 0) is 68.3 Å². The van der Waals surface area contributed by atoms with Crippen LogP contribution in [0.2, 0.25) is 0 Å². The normalized spacial score (nSPS) is 10.3. The zero-order valence-corrected chi connectivity index (χ0v) is 18.4. The molecule has 0 unspecified atom stereocenters. The molecule has 0 aromatic heterocycles. The first kappa shape index (κ1) is 22.6. The molecule has 2 amide bonds. The van der Waals surface area contributed by atoms with Crippen LogP contribution < -0.4 is 10.1 Å². The van der Waals surface area contributed by atoms with Crippen molar-refractivity contribution in [3.8, 4) is 5.75 Å². The van der Waals surface area contributed by atoms with E-state index in [0.29, 0.717) is 24.3 Å². The van der Waals surface area contributed by atoms with Gasteiger partial charge in [0.15, 0.2) is 5.78 Å². The van der Waals surface area contributed by atoms with Crippen LogP contribution in [0, 0.1) is 6.92 Å². The van der Waals surface area contributed by atoms with Gasteiger partial charge >= 0.3 is 0 Å². The molecule has 0 spiro atoms. The van der Waals surface area contributed by atoms with Crippen LogP contribution in [0.25, 0.3) is 0 Å².